The molecule has 0 saturated heterocycles. The molecule has 1 aliphatic rings. The first-order valence-corrected chi connectivity index (χ1v) is 10.1. The Kier molecular flexibility index (Phi) is 7.47. The molecule has 2 rings (SSSR count). The summed E-state index contributed by atoms with van der Waals surface area (Å²) < 4.78 is 0. The number of benzene rings is 1. The first-order chi connectivity index (χ1) is 12.8. The summed E-state index contributed by atoms with van der Waals surface area (Å²) in [6.07, 6.45) is 15.8. The molecule has 1 nitrogen and oxygen atoms in total. The number of anilines is 1. The summed E-state index contributed by atoms with van der Waals surface area (Å²) in [4.78, 5) is 2.43. The summed E-state index contributed by atoms with van der Waals surface area (Å²) in [5.41, 5.74) is 6.41. The van der Waals surface area contributed by atoms with Crippen LogP contribution in [0, 0.1) is 5.92 Å². The summed E-state index contributed by atoms with van der Waals surface area (Å²) in [7, 11) is 0. The van der Waals surface area contributed by atoms with E-state index in [4.69, 9.17) is 0 Å². The number of hydrogen-bond donors (Lipinski definition) is 0. The third-order valence-corrected chi connectivity index (χ3v) is 4.81. The fourth-order valence-electron chi connectivity index (χ4n) is 3.31. The summed E-state index contributed by atoms with van der Waals surface area (Å²) in [6, 6.07) is 9.21. The second-order valence-electron chi connectivity index (χ2n) is 8.08. The van der Waals surface area contributed by atoms with Gasteiger partial charge in [-0.1, -0.05) is 87.4 Å². The van der Waals surface area contributed by atoms with Crippen molar-refractivity contribution in [2.75, 3.05) is 4.90 Å². The Balaban J connectivity index is 2.51. The van der Waals surface area contributed by atoms with Crippen LogP contribution in [0.15, 0.2) is 83.6 Å². The van der Waals surface area contributed by atoms with E-state index >= 15 is 0 Å². The van der Waals surface area contributed by atoms with E-state index in [1.807, 2.05) is 0 Å². The molecule has 27 heavy (non-hydrogen) atoms. The molecule has 0 N–H and O–H groups in total. The zero-order valence-corrected chi connectivity index (χ0v) is 18.0. The normalized spacial score (nSPS) is 18.1. The van der Waals surface area contributed by atoms with Gasteiger partial charge in [-0.05, 0) is 56.4 Å². The lowest BCUT2D eigenvalue weighted by Gasteiger charge is -2.32. The number of nitrogens with zero attached hydrogens (tertiary/aromatic N) is 1. The number of hydrogen-bond acceptors (Lipinski definition) is 1. The Morgan fingerprint density at radius 1 is 1.00 bits per heavy atom. The van der Waals surface area contributed by atoms with Gasteiger partial charge in [-0.25, -0.2) is 0 Å². The molecule has 1 heteroatoms. The van der Waals surface area contributed by atoms with E-state index in [0.717, 1.165) is 0 Å². The maximum atomic E-state index is 2.43. The molecule has 0 heterocycles. The third kappa shape index (κ3) is 5.85. The van der Waals surface area contributed by atoms with E-state index in [0.29, 0.717) is 11.8 Å². The Bertz CT molecular complexity index is 767. The van der Waals surface area contributed by atoms with Crippen LogP contribution < -0.4 is 4.90 Å². The lowest BCUT2D eigenvalue weighted by Crippen LogP contribution is -2.31. The van der Waals surface area contributed by atoms with E-state index in [2.05, 4.69) is 120 Å². The molecule has 1 aromatic rings. The number of rotatable bonds is 6. The van der Waals surface area contributed by atoms with Crippen LogP contribution in [0.3, 0.4) is 0 Å². The van der Waals surface area contributed by atoms with Gasteiger partial charge in [0.25, 0.3) is 0 Å². The molecule has 1 unspecified atom stereocenters. The van der Waals surface area contributed by atoms with Crippen molar-refractivity contribution in [2.24, 2.45) is 5.92 Å². The molecule has 1 aliphatic carbocycles. The second-order valence-corrected chi connectivity index (χ2v) is 8.08. The van der Waals surface area contributed by atoms with Gasteiger partial charge in [0.05, 0.1) is 6.04 Å². The van der Waals surface area contributed by atoms with E-state index in [1.54, 1.807) is 0 Å². The third-order valence-electron chi connectivity index (χ3n) is 4.81. The molecular weight excluding hydrogens is 326 g/mol. The van der Waals surface area contributed by atoms with Crippen LogP contribution in [0.5, 0.6) is 0 Å². The van der Waals surface area contributed by atoms with Gasteiger partial charge in [0, 0.05) is 11.4 Å². The van der Waals surface area contributed by atoms with E-state index in [9.17, 15) is 0 Å². The SMILES string of the molecule is C/C=C(\C=C/C(C)C)N(c1ccc(C(C)C)cc1)C1C=CC(C)=CC(C)=C1. The fourth-order valence-corrected chi connectivity index (χ4v) is 3.31. The molecule has 1 atom stereocenters. The van der Waals surface area contributed by atoms with Crippen molar-refractivity contribution in [3.05, 3.63) is 89.2 Å². The minimum absolute atomic E-state index is 0.187. The minimum Gasteiger partial charge on any atom is -0.331 e. The van der Waals surface area contributed by atoms with Crippen molar-refractivity contribution < 1.29 is 0 Å². The molecule has 0 fully saturated rings. The van der Waals surface area contributed by atoms with Crippen molar-refractivity contribution in [1.82, 2.24) is 0 Å². The van der Waals surface area contributed by atoms with Gasteiger partial charge < -0.3 is 4.90 Å². The zero-order chi connectivity index (χ0) is 20.0. The lowest BCUT2D eigenvalue weighted by molar-refractivity contribution is 0.825. The highest BCUT2D eigenvalue weighted by atomic mass is 15.2. The highest BCUT2D eigenvalue weighted by molar-refractivity contribution is 5.59. The average Bonchev–Trinajstić information content (AvgIpc) is 2.78. The van der Waals surface area contributed by atoms with Gasteiger partial charge in [0.15, 0.2) is 0 Å². The lowest BCUT2D eigenvalue weighted by atomic mass is 10.0. The highest BCUT2D eigenvalue weighted by Gasteiger charge is 2.19. The standard InChI is InChI=1S/C26H35N/c1-8-24(13-9-19(2)3)27(25-15-11-23(12-16-25)20(4)5)26-14-10-21(6)17-22(7)18-26/h8-20,26H,1-7H3/b13-9-,24-8+. The summed E-state index contributed by atoms with van der Waals surface area (Å²) in [6.45, 7) is 15.4. The average molecular weight is 362 g/mol. The van der Waals surface area contributed by atoms with E-state index in [1.165, 1.54) is 28.1 Å². The molecule has 0 aliphatic heterocycles. The predicted octanol–water partition coefficient (Wildman–Crippen LogP) is 7.56. The second kappa shape index (κ2) is 9.60. The van der Waals surface area contributed by atoms with Crippen LogP contribution in [0.25, 0.3) is 0 Å². The Morgan fingerprint density at radius 3 is 2.22 bits per heavy atom. The first kappa shape index (κ1) is 21.0. The van der Waals surface area contributed by atoms with Crippen molar-refractivity contribution in [2.45, 2.75) is 60.4 Å². The first-order valence-electron chi connectivity index (χ1n) is 10.1. The maximum absolute atomic E-state index is 2.43. The van der Waals surface area contributed by atoms with Crippen LogP contribution in [0.2, 0.25) is 0 Å². The van der Waals surface area contributed by atoms with Gasteiger partial charge in [-0.15, -0.1) is 0 Å². The summed E-state index contributed by atoms with van der Waals surface area (Å²) >= 11 is 0. The van der Waals surface area contributed by atoms with Crippen molar-refractivity contribution in [3.8, 4) is 0 Å². The Hall–Kier alpha value is -2.28. The Labute approximate surface area is 166 Å². The molecule has 1 aromatic carbocycles. The van der Waals surface area contributed by atoms with Crippen molar-refractivity contribution >= 4 is 5.69 Å². The highest BCUT2D eigenvalue weighted by Crippen LogP contribution is 2.28. The van der Waals surface area contributed by atoms with E-state index < -0.39 is 0 Å². The van der Waals surface area contributed by atoms with Crippen LogP contribution in [-0.4, -0.2) is 6.04 Å². The largest absolute Gasteiger partial charge is 0.331 e. The van der Waals surface area contributed by atoms with Crippen molar-refractivity contribution in [3.63, 3.8) is 0 Å². The smallest absolute Gasteiger partial charge is 0.0714 e. The van der Waals surface area contributed by atoms with Gasteiger partial charge in [-0.3, -0.25) is 0 Å². The molecule has 0 radical (unpaired) electrons. The predicted molar refractivity (Wildman–Crippen MR) is 121 cm³/mol. The van der Waals surface area contributed by atoms with Crippen LogP contribution in [0.1, 0.15) is 59.9 Å². The van der Waals surface area contributed by atoms with Crippen LogP contribution >= 0.6 is 0 Å². The zero-order valence-electron chi connectivity index (χ0n) is 18.0. The molecule has 0 spiro atoms. The van der Waals surface area contributed by atoms with Gasteiger partial charge in [-0.2, -0.15) is 0 Å². The number of allylic oxidation sites excluding steroid dienone is 7. The topological polar surface area (TPSA) is 3.24 Å². The van der Waals surface area contributed by atoms with Crippen LogP contribution in [-0.2, 0) is 0 Å². The molecule has 0 bridgehead atoms. The quantitative estimate of drug-likeness (QED) is 0.472. The maximum Gasteiger partial charge on any atom is 0.0714 e. The molecular formula is C26H35N. The van der Waals surface area contributed by atoms with E-state index in [-0.39, 0.29) is 6.04 Å². The van der Waals surface area contributed by atoms with Gasteiger partial charge in [0.1, 0.15) is 0 Å². The monoisotopic (exact) mass is 361 g/mol. The minimum atomic E-state index is 0.187. The van der Waals surface area contributed by atoms with Gasteiger partial charge >= 0.3 is 0 Å². The van der Waals surface area contributed by atoms with Crippen LogP contribution in [0.4, 0.5) is 5.69 Å². The summed E-state index contributed by atoms with van der Waals surface area (Å²) in [5, 5.41) is 0. The molecule has 0 aromatic heterocycles. The molecule has 144 valence electrons. The molecule has 0 saturated carbocycles. The van der Waals surface area contributed by atoms with Gasteiger partial charge in [0.2, 0.25) is 0 Å². The Morgan fingerprint density at radius 2 is 1.67 bits per heavy atom. The fraction of sp³-hybridized carbons (Fsp3) is 0.385. The van der Waals surface area contributed by atoms with Crippen molar-refractivity contribution in [1.29, 1.82) is 0 Å². The molecule has 0 amide bonds. The summed E-state index contributed by atoms with van der Waals surface area (Å²) in [5.74, 6) is 1.07.